The van der Waals surface area contributed by atoms with Crippen LogP contribution in [0, 0.1) is 13.8 Å². The molecule has 4 heterocycles. The third-order valence-electron chi connectivity index (χ3n) is 4.93. The smallest absolute Gasteiger partial charge is 0.256 e. The number of amides is 1. The molecular formula is C20H23ClN8O. The average Bonchev–Trinajstić information content (AvgIpc) is 3.42. The van der Waals surface area contributed by atoms with Crippen LogP contribution in [0.4, 0.5) is 0 Å². The first-order chi connectivity index (χ1) is 14.5. The fourth-order valence-electron chi connectivity index (χ4n) is 3.33. The molecule has 0 aliphatic heterocycles. The Balaban J connectivity index is 1.48. The van der Waals surface area contributed by atoms with Gasteiger partial charge in [-0.2, -0.15) is 15.3 Å². The van der Waals surface area contributed by atoms with E-state index < -0.39 is 0 Å². The lowest BCUT2D eigenvalue weighted by atomic mass is 10.2. The van der Waals surface area contributed by atoms with Crippen LogP contribution in [0.1, 0.15) is 35.1 Å². The highest BCUT2D eigenvalue weighted by molar-refractivity contribution is 6.31. The predicted molar refractivity (Wildman–Crippen MR) is 114 cm³/mol. The summed E-state index contributed by atoms with van der Waals surface area (Å²) in [5.41, 5.74) is 4.47. The van der Waals surface area contributed by atoms with Gasteiger partial charge in [0.05, 0.1) is 28.3 Å². The van der Waals surface area contributed by atoms with Gasteiger partial charge in [-0.15, -0.1) is 0 Å². The zero-order valence-electron chi connectivity index (χ0n) is 17.1. The molecule has 4 aromatic rings. The van der Waals surface area contributed by atoms with Crippen molar-refractivity contribution in [3.8, 4) is 11.3 Å². The Morgan fingerprint density at radius 1 is 1.17 bits per heavy atom. The topological polar surface area (TPSA) is 94.9 Å². The van der Waals surface area contributed by atoms with E-state index in [4.69, 9.17) is 11.6 Å². The molecule has 10 heteroatoms. The molecule has 0 saturated heterocycles. The SMILES string of the molecule is CCn1cc(-c2ccnc3c(C(=O)NCCCn4cc(Cl)c(C)n4)cnn23)c(C)n1. The molecule has 0 atom stereocenters. The van der Waals surface area contributed by atoms with E-state index in [1.165, 1.54) is 0 Å². The fraction of sp³-hybridized carbons (Fsp3) is 0.350. The van der Waals surface area contributed by atoms with Gasteiger partial charge in [0.2, 0.25) is 0 Å². The first kappa shape index (κ1) is 20.1. The van der Waals surface area contributed by atoms with Gasteiger partial charge in [-0.1, -0.05) is 11.6 Å². The Morgan fingerprint density at radius 2 is 1.97 bits per heavy atom. The number of rotatable bonds is 7. The minimum Gasteiger partial charge on any atom is -0.352 e. The molecule has 1 N–H and O–H groups in total. The zero-order valence-corrected chi connectivity index (χ0v) is 17.9. The molecule has 4 rings (SSSR count). The van der Waals surface area contributed by atoms with Gasteiger partial charge in [0.1, 0.15) is 5.56 Å². The first-order valence-electron chi connectivity index (χ1n) is 9.83. The van der Waals surface area contributed by atoms with Crippen molar-refractivity contribution in [2.75, 3.05) is 6.54 Å². The highest BCUT2D eigenvalue weighted by Crippen LogP contribution is 2.23. The van der Waals surface area contributed by atoms with Crippen LogP contribution >= 0.6 is 11.6 Å². The molecule has 0 unspecified atom stereocenters. The lowest BCUT2D eigenvalue weighted by Crippen LogP contribution is -2.25. The standard InChI is InChI=1S/C20H23ClN8O/c1-4-27-11-16(13(2)25-27)18-6-8-22-19-15(10-24-29(18)19)20(30)23-7-5-9-28-12-17(21)14(3)26-28/h6,8,10-12H,4-5,7,9H2,1-3H3,(H,23,30). The second-order valence-corrected chi connectivity index (χ2v) is 7.45. The van der Waals surface area contributed by atoms with Crippen molar-refractivity contribution >= 4 is 23.2 Å². The van der Waals surface area contributed by atoms with Crippen molar-refractivity contribution in [1.29, 1.82) is 0 Å². The van der Waals surface area contributed by atoms with E-state index in [-0.39, 0.29) is 5.91 Å². The minimum absolute atomic E-state index is 0.203. The third-order valence-corrected chi connectivity index (χ3v) is 5.30. The van der Waals surface area contributed by atoms with Crippen molar-refractivity contribution in [2.45, 2.75) is 40.3 Å². The van der Waals surface area contributed by atoms with Crippen LogP contribution in [0.5, 0.6) is 0 Å². The number of nitrogens with zero attached hydrogens (tertiary/aromatic N) is 7. The number of hydrogen-bond donors (Lipinski definition) is 1. The minimum atomic E-state index is -0.203. The summed E-state index contributed by atoms with van der Waals surface area (Å²) in [4.78, 5) is 17.1. The van der Waals surface area contributed by atoms with Crippen molar-refractivity contribution in [3.05, 3.63) is 52.8 Å². The van der Waals surface area contributed by atoms with E-state index in [0.29, 0.717) is 29.3 Å². The van der Waals surface area contributed by atoms with Gasteiger partial charge in [-0.25, -0.2) is 9.50 Å². The number of fused-ring (bicyclic) bond motifs is 1. The van der Waals surface area contributed by atoms with Crippen LogP contribution in [-0.2, 0) is 13.1 Å². The van der Waals surface area contributed by atoms with E-state index in [2.05, 4.69) is 25.6 Å². The van der Waals surface area contributed by atoms with E-state index in [0.717, 1.165) is 35.6 Å². The van der Waals surface area contributed by atoms with Gasteiger partial charge in [-0.05, 0) is 33.3 Å². The molecule has 0 spiro atoms. The first-order valence-corrected chi connectivity index (χ1v) is 10.2. The summed E-state index contributed by atoms with van der Waals surface area (Å²) in [6.07, 6.45) is 7.75. The van der Waals surface area contributed by atoms with Gasteiger partial charge in [0.25, 0.3) is 5.91 Å². The van der Waals surface area contributed by atoms with Crippen molar-refractivity contribution in [1.82, 2.24) is 39.5 Å². The molecule has 0 bridgehead atoms. The molecule has 4 aromatic heterocycles. The second kappa shape index (κ2) is 8.27. The Bertz CT molecular complexity index is 1190. The summed E-state index contributed by atoms with van der Waals surface area (Å²) in [6, 6.07) is 1.88. The molecule has 0 aliphatic rings. The molecule has 156 valence electrons. The Kier molecular flexibility index (Phi) is 5.54. The van der Waals surface area contributed by atoms with Crippen molar-refractivity contribution < 1.29 is 4.79 Å². The Labute approximate surface area is 178 Å². The quantitative estimate of drug-likeness (QED) is 0.458. The Morgan fingerprint density at radius 3 is 2.67 bits per heavy atom. The highest BCUT2D eigenvalue weighted by Gasteiger charge is 2.17. The van der Waals surface area contributed by atoms with Crippen LogP contribution in [-0.4, -0.2) is 46.6 Å². The van der Waals surface area contributed by atoms with Crippen LogP contribution in [0.15, 0.2) is 30.9 Å². The zero-order chi connectivity index (χ0) is 21.3. The predicted octanol–water partition coefficient (Wildman–Crippen LogP) is 2.90. The van der Waals surface area contributed by atoms with E-state index in [9.17, 15) is 4.79 Å². The number of hydrogen-bond acceptors (Lipinski definition) is 5. The van der Waals surface area contributed by atoms with Gasteiger partial charge < -0.3 is 5.32 Å². The number of carbonyl (C=O) groups is 1. The molecular weight excluding hydrogens is 404 g/mol. The summed E-state index contributed by atoms with van der Waals surface area (Å²) < 4.78 is 5.35. The van der Waals surface area contributed by atoms with E-state index in [1.54, 1.807) is 27.8 Å². The van der Waals surface area contributed by atoms with Crippen molar-refractivity contribution in [3.63, 3.8) is 0 Å². The second-order valence-electron chi connectivity index (χ2n) is 7.04. The lowest BCUT2D eigenvalue weighted by Gasteiger charge is -2.05. The summed E-state index contributed by atoms with van der Waals surface area (Å²) in [7, 11) is 0. The molecule has 0 fully saturated rings. The van der Waals surface area contributed by atoms with E-state index >= 15 is 0 Å². The summed E-state index contributed by atoms with van der Waals surface area (Å²) in [5, 5.41) is 16.8. The number of halogens is 1. The van der Waals surface area contributed by atoms with Gasteiger partial charge >= 0.3 is 0 Å². The number of aromatic nitrogens is 7. The number of nitrogens with one attached hydrogen (secondary N) is 1. The summed E-state index contributed by atoms with van der Waals surface area (Å²) in [5.74, 6) is -0.203. The summed E-state index contributed by atoms with van der Waals surface area (Å²) >= 11 is 6.02. The van der Waals surface area contributed by atoms with Gasteiger partial charge in [0.15, 0.2) is 5.65 Å². The van der Waals surface area contributed by atoms with E-state index in [1.807, 2.05) is 37.7 Å². The fourth-order valence-corrected chi connectivity index (χ4v) is 3.48. The van der Waals surface area contributed by atoms with Crippen LogP contribution < -0.4 is 5.32 Å². The molecule has 0 aliphatic carbocycles. The highest BCUT2D eigenvalue weighted by atomic mass is 35.5. The maximum atomic E-state index is 12.7. The molecule has 30 heavy (non-hydrogen) atoms. The Hall–Kier alpha value is -3.20. The van der Waals surface area contributed by atoms with Gasteiger partial charge in [0, 0.05) is 43.8 Å². The molecule has 1 amide bonds. The van der Waals surface area contributed by atoms with Crippen molar-refractivity contribution in [2.24, 2.45) is 0 Å². The molecule has 9 nitrogen and oxygen atoms in total. The van der Waals surface area contributed by atoms with Gasteiger partial charge in [-0.3, -0.25) is 14.2 Å². The number of aryl methyl sites for hydroxylation is 4. The maximum absolute atomic E-state index is 12.7. The average molecular weight is 427 g/mol. The molecule has 0 aromatic carbocycles. The maximum Gasteiger partial charge on any atom is 0.256 e. The number of carbonyl (C=O) groups excluding carboxylic acids is 1. The van der Waals surface area contributed by atoms with Crippen LogP contribution in [0.25, 0.3) is 16.9 Å². The molecule has 0 radical (unpaired) electrons. The largest absolute Gasteiger partial charge is 0.352 e. The monoisotopic (exact) mass is 426 g/mol. The normalized spacial score (nSPS) is 11.3. The molecule has 0 saturated carbocycles. The third kappa shape index (κ3) is 3.80. The summed E-state index contributed by atoms with van der Waals surface area (Å²) in [6.45, 7) is 7.82. The van der Waals surface area contributed by atoms with Crippen LogP contribution in [0.3, 0.4) is 0 Å². The van der Waals surface area contributed by atoms with Crippen LogP contribution in [0.2, 0.25) is 5.02 Å². The lowest BCUT2D eigenvalue weighted by molar-refractivity contribution is 0.0954.